The highest BCUT2D eigenvalue weighted by molar-refractivity contribution is 6.56. The van der Waals surface area contributed by atoms with Crippen LogP contribution in [0.4, 0.5) is 0 Å². The minimum Gasteiger partial charge on any atom is -0.0812 e. The highest BCUT2D eigenvalue weighted by atomic mass is 35.5. The highest BCUT2D eigenvalue weighted by Crippen LogP contribution is 2.21. The molecule has 0 aromatic rings. The fourth-order valence-corrected chi connectivity index (χ4v) is 1.59. The Labute approximate surface area is 77.9 Å². The minimum absolute atomic E-state index is 0.373. The summed E-state index contributed by atoms with van der Waals surface area (Å²) in [6, 6.07) is 0. The van der Waals surface area contributed by atoms with Gasteiger partial charge >= 0.3 is 0 Å². The summed E-state index contributed by atoms with van der Waals surface area (Å²) in [5.74, 6) is 0. The molecule has 0 aliphatic heterocycles. The summed E-state index contributed by atoms with van der Waals surface area (Å²) in [6.45, 7) is 0. The van der Waals surface area contributed by atoms with Gasteiger partial charge in [0.1, 0.15) is 4.49 Å². The van der Waals surface area contributed by atoms with E-state index >= 15 is 0 Å². The zero-order valence-electron chi connectivity index (χ0n) is 6.45. The molecule has 1 aliphatic rings. The summed E-state index contributed by atoms with van der Waals surface area (Å²) in [7, 11) is 0. The van der Waals surface area contributed by atoms with Crippen LogP contribution in [0.1, 0.15) is 32.1 Å². The first-order valence-corrected chi connectivity index (χ1v) is 4.76. The quantitative estimate of drug-likeness (QED) is 0.582. The zero-order chi connectivity index (χ0) is 8.10. The Morgan fingerprint density at radius 1 is 1.27 bits per heavy atom. The van der Waals surface area contributed by atoms with Crippen LogP contribution in [0.25, 0.3) is 0 Å². The van der Waals surface area contributed by atoms with Crippen LogP contribution < -0.4 is 0 Å². The van der Waals surface area contributed by atoms with Crippen molar-refractivity contribution in [3.63, 3.8) is 0 Å². The summed E-state index contributed by atoms with van der Waals surface area (Å²) in [4.78, 5) is 0. The molecular formula is C9H12Cl2. The van der Waals surface area contributed by atoms with Gasteiger partial charge < -0.3 is 0 Å². The minimum atomic E-state index is 0.373. The smallest absolute Gasteiger partial charge is 0.0812 e. The van der Waals surface area contributed by atoms with Crippen molar-refractivity contribution in [3.05, 3.63) is 22.2 Å². The first-order valence-electron chi connectivity index (χ1n) is 4.01. The van der Waals surface area contributed by atoms with E-state index in [1.165, 1.54) is 31.3 Å². The lowest BCUT2D eigenvalue weighted by molar-refractivity contribution is 0.714. The molecule has 2 heteroatoms. The van der Waals surface area contributed by atoms with E-state index in [4.69, 9.17) is 23.2 Å². The van der Waals surface area contributed by atoms with Gasteiger partial charge in [-0.25, -0.2) is 0 Å². The van der Waals surface area contributed by atoms with Crippen LogP contribution in [0.3, 0.4) is 0 Å². The molecule has 62 valence electrons. The van der Waals surface area contributed by atoms with Crippen molar-refractivity contribution >= 4 is 23.2 Å². The van der Waals surface area contributed by atoms with Crippen molar-refractivity contribution < 1.29 is 0 Å². The summed E-state index contributed by atoms with van der Waals surface area (Å²) in [6.07, 6.45) is 10.3. The van der Waals surface area contributed by atoms with Gasteiger partial charge in [-0.05, 0) is 37.3 Å². The standard InChI is InChI=1S/C9H12Cl2/c10-9(11)7-8-5-3-1-2-4-6-8/h5,7H,1-4,6H2. The van der Waals surface area contributed by atoms with Gasteiger partial charge in [0, 0.05) is 0 Å². The van der Waals surface area contributed by atoms with Crippen LogP contribution >= 0.6 is 23.2 Å². The highest BCUT2D eigenvalue weighted by Gasteiger charge is 1.99. The molecule has 1 aliphatic carbocycles. The average molecular weight is 191 g/mol. The van der Waals surface area contributed by atoms with Gasteiger partial charge in [-0.15, -0.1) is 0 Å². The van der Waals surface area contributed by atoms with E-state index in [0.29, 0.717) is 4.49 Å². The molecule has 11 heavy (non-hydrogen) atoms. The fraction of sp³-hybridized carbons (Fsp3) is 0.556. The number of rotatable bonds is 1. The van der Waals surface area contributed by atoms with E-state index in [2.05, 4.69) is 6.08 Å². The second-order valence-electron chi connectivity index (χ2n) is 2.81. The average Bonchev–Trinajstić information content (AvgIpc) is 2.14. The van der Waals surface area contributed by atoms with E-state index in [9.17, 15) is 0 Å². The topological polar surface area (TPSA) is 0 Å². The van der Waals surface area contributed by atoms with E-state index in [-0.39, 0.29) is 0 Å². The summed E-state index contributed by atoms with van der Waals surface area (Å²) in [5, 5.41) is 0. The first-order chi connectivity index (χ1) is 5.29. The third-order valence-electron chi connectivity index (χ3n) is 1.87. The predicted octanol–water partition coefficient (Wildman–Crippen LogP) is 4.20. The molecule has 0 unspecified atom stereocenters. The molecule has 0 amide bonds. The number of allylic oxidation sites excluding steroid dienone is 3. The van der Waals surface area contributed by atoms with Crippen molar-refractivity contribution in [2.75, 3.05) is 0 Å². The van der Waals surface area contributed by atoms with Crippen molar-refractivity contribution in [3.8, 4) is 0 Å². The summed E-state index contributed by atoms with van der Waals surface area (Å²) < 4.78 is 0.373. The second kappa shape index (κ2) is 4.84. The Morgan fingerprint density at radius 3 is 2.82 bits per heavy atom. The molecule has 0 bridgehead atoms. The lowest BCUT2D eigenvalue weighted by atomic mass is 10.1. The maximum Gasteiger partial charge on any atom is 0.107 e. The number of hydrogen-bond acceptors (Lipinski definition) is 0. The summed E-state index contributed by atoms with van der Waals surface area (Å²) >= 11 is 11.1. The normalized spacial score (nSPS) is 18.5. The van der Waals surface area contributed by atoms with Crippen molar-refractivity contribution in [1.82, 2.24) is 0 Å². The molecule has 0 fully saturated rings. The number of hydrogen-bond donors (Lipinski definition) is 0. The molecule has 1 rings (SSSR count). The van der Waals surface area contributed by atoms with Crippen molar-refractivity contribution in [2.24, 2.45) is 0 Å². The lowest BCUT2D eigenvalue weighted by Gasteiger charge is -1.95. The van der Waals surface area contributed by atoms with E-state index in [1.54, 1.807) is 0 Å². The monoisotopic (exact) mass is 190 g/mol. The molecule has 0 radical (unpaired) electrons. The third kappa shape index (κ3) is 3.83. The third-order valence-corrected chi connectivity index (χ3v) is 2.09. The number of halogens is 2. The Hall–Kier alpha value is 0.0600. The van der Waals surface area contributed by atoms with Crippen LogP contribution in [-0.4, -0.2) is 0 Å². The molecule has 0 aromatic heterocycles. The fourth-order valence-electron chi connectivity index (χ4n) is 1.31. The first kappa shape index (κ1) is 9.15. The van der Waals surface area contributed by atoms with Gasteiger partial charge in [0.05, 0.1) is 0 Å². The van der Waals surface area contributed by atoms with Gasteiger partial charge in [-0.3, -0.25) is 0 Å². The molecular weight excluding hydrogens is 179 g/mol. The van der Waals surface area contributed by atoms with E-state index in [0.717, 1.165) is 6.42 Å². The lowest BCUT2D eigenvalue weighted by Crippen LogP contribution is -1.76. The van der Waals surface area contributed by atoms with Gasteiger partial charge in [-0.2, -0.15) is 0 Å². The molecule has 0 N–H and O–H groups in total. The maximum absolute atomic E-state index is 5.55. The Balaban J connectivity index is 2.54. The second-order valence-corrected chi connectivity index (χ2v) is 3.82. The van der Waals surface area contributed by atoms with Gasteiger partial charge in [-0.1, -0.05) is 35.7 Å². The largest absolute Gasteiger partial charge is 0.107 e. The maximum atomic E-state index is 5.55. The predicted molar refractivity (Wildman–Crippen MR) is 51.0 cm³/mol. The van der Waals surface area contributed by atoms with E-state index in [1.807, 2.05) is 6.08 Å². The van der Waals surface area contributed by atoms with Gasteiger partial charge in [0.25, 0.3) is 0 Å². The molecule has 0 atom stereocenters. The Bertz CT molecular complexity index is 176. The van der Waals surface area contributed by atoms with Gasteiger partial charge in [0.2, 0.25) is 0 Å². The van der Waals surface area contributed by atoms with Crippen LogP contribution in [0.2, 0.25) is 0 Å². The SMILES string of the molecule is ClC(Cl)=CC1=CCCCCC1. The Kier molecular flexibility index (Phi) is 4.03. The van der Waals surface area contributed by atoms with Crippen LogP contribution in [0, 0.1) is 0 Å². The van der Waals surface area contributed by atoms with Gasteiger partial charge in [0.15, 0.2) is 0 Å². The zero-order valence-corrected chi connectivity index (χ0v) is 7.96. The molecule has 0 heterocycles. The molecule has 0 aromatic carbocycles. The van der Waals surface area contributed by atoms with E-state index < -0.39 is 0 Å². The molecule has 0 saturated carbocycles. The summed E-state index contributed by atoms with van der Waals surface area (Å²) in [5.41, 5.74) is 1.29. The molecule has 0 spiro atoms. The van der Waals surface area contributed by atoms with Crippen LogP contribution in [0.5, 0.6) is 0 Å². The molecule has 0 saturated heterocycles. The van der Waals surface area contributed by atoms with Crippen LogP contribution in [0.15, 0.2) is 22.2 Å². The van der Waals surface area contributed by atoms with Crippen LogP contribution in [-0.2, 0) is 0 Å². The van der Waals surface area contributed by atoms with Crippen molar-refractivity contribution in [1.29, 1.82) is 0 Å². The Morgan fingerprint density at radius 2 is 2.09 bits per heavy atom. The van der Waals surface area contributed by atoms with Crippen molar-refractivity contribution in [2.45, 2.75) is 32.1 Å². The molecule has 0 nitrogen and oxygen atoms in total.